The van der Waals surface area contributed by atoms with Crippen LogP contribution in [0.2, 0.25) is 0 Å². The van der Waals surface area contributed by atoms with Crippen molar-refractivity contribution >= 4 is 0 Å². The SMILES string of the molecule is COc1cc(F)c(CCNC(C)(C)CO)cc1F. The molecule has 0 spiro atoms. The number of aliphatic hydroxyl groups excluding tert-OH is 1. The van der Waals surface area contributed by atoms with Gasteiger partial charge in [-0.25, -0.2) is 8.78 Å². The van der Waals surface area contributed by atoms with E-state index in [1.807, 2.05) is 13.8 Å². The van der Waals surface area contributed by atoms with Gasteiger partial charge >= 0.3 is 0 Å². The van der Waals surface area contributed by atoms with Crippen molar-refractivity contribution in [2.24, 2.45) is 0 Å². The van der Waals surface area contributed by atoms with Gasteiger partial charge in [-0.05, 0) is 38.4 Å². The van der Waals surface area contributed by atoms with E-state index < -0.39 is 17.2 Å². The average molecular weight is 259 g/mol. The van der Waals surface area contributed by atoms with Crippen molar-refractivity contribution < 1.29 is 18.6 Å². The van der Waals surface area contributed by atoms with Crippen LogP contribution in [-0.2, 0) is 6.42 Å². The summed E-state index contributed by atoms with van der Waals surface area (Å²) in [5.41, 5.74) is -0.142. The zero-order valence-electron chi connectivity index (χ0n) is 10.9. The predicted octanol–water partition coefficient (Wildman–Crippen LogP) is 1.88. The molecule has 2 N–H and O–H groups in total. The predicted molar refractivity (Wildman–Crippen MR) is 65.8 cm³/mol. The Balaban J connectivity index is 2.66. The van der Waals surface area contributed by atoms with Crippen molar-refractivity contribution in [1.29, 1.82) is 0 Å². The largest absolute Gasteiger partial charge is 0.494 e. The summed E-state index contributed by atoms with van der Waals surface area (Å²) in [4.78, 5) is 0. The van der Waals surface area contributed by atoms with Gasteiger partial charge in [0, 0.05) is 11.6 Å². The highest BCUT2D eigenvalue weighted by molar-refractivity contribution is 5.31. The van der Waals surface area contributed by atoms with Crippen LogP contribution in [0, 0.1) is 11.6 Å². The van der Waals surface area contributed by atoms with Crippen LogP contribution in [0.5, 0.6) is 5.75 Å². The van der Waals surface area contributed by atoms with Crippen LogP contribution in [0.1, 0.15) is 19.4 Å². The van der Waals surface area contributed by atoms with E-state index in [-0.39, 0.29) is 17.9 Å². The van der Waals surface area contributed by atoms with Gasteiger partial charge in [0.25, 0.3) is 0 Å². The van der Waals surface area contributed by atoms with Crippen molar-refractivity contribution in [2.45, 2.75) is 25.8 Å². The van der Waals surface area contributed by atoms with E-state index in [9.17, 15) is 8.78 Å². The highest BCUT2D eigenvalue weighted by atomic mass is 19.1. The Hall–Kier alpha value is -1.20. The minimum Gasteiger partial charge on any atom is -0.494 e. The summed E-state index contributed by atoms with van der Waals surface area (Å²) in [6.45, 7) is 4.10. The number of halogens is 2. The second kappa shape index (κ2) is 6.11. The Kier molecular flexibility index (Phi) is 5.04. The van der Waals surface area contributed by atoms with Crippen LogP contribution in [-0.4, -0.2) is 30.9 Å². The molecule has 0 unspecified atom stereocenters. The lowest BCUT2D eigenvalue weighted by Gasteiger charge is -2.23. The summed E-state index contributed by atoms with van der Waals surface area (Å²) in [7, 11) is 1.29. The van der Waals surface area contributed by atoms with Crippen LogP contribution in [0.25, 0.3) is 0 Å². The Morgan fingerprint density at radius 3 is 2.50 bits per heavy atom. The van der Waals surface area contributed by atoms with Crippen LogP contribution < -0.4 is 10.1 Å². The van der Waals surface area contributed by atoms with E-state index >= 15 is 0 Å². The molecule has 0 saturated carbocycles. The highest BCUT2D eigenvalue weighted by Crippen LogP contribution is 2.21. The number of nitrogens with one attached hydrogen (secondary N) is 1. The molecule has 0 heterocycles. The summed E-state index contributed by atoms with van der Waals surface area (Å²) >= 11 is 0. The van der Waals surface area contributed by atoms with Crippen molar-refractivity contribution in [3.63, 3.8) is 0 Å². The van der Waals surface area contributed by atoms with Gasteiger partial charge in [0.05, 0.1) is 13.7 Å². The molecule has 5 heteroatoms. The van der Waals surface area contributed by atoms with Crippen LogP contribution in [0.15, 0.2) is 12.1 Å². The molecule has 0 aromatic heterocycles. The molecule has 18 heavy (non-hydrogen) atoms. The Morgan fingerprint density at radius 2 is 1.94 bits per heavy atom. The molecule has 0 amide bonds. The number of methoxy groups -OCH3 is 1. The molecule has 1 aromatic rings. The summed E-state index contributed by atoms with van der Waals surface area (Å²) in [5.74, 6) is -1.16. The minimum atomic E-state index is -0.574. The van der Waals surface area contributed by atoms with E-state index in [4.69, 9.17) is 9.84 Å². The molecular formula is C13H19F2NO2. The van der Waals surface area contributed by atoms with E-state index in [2.05, 4.69) is 5.32 Å². The number of aliphatic hydroxyl groups is 1. The molecule has 0 aliphatic carbocycles. The minimum absolute atomic E-state index is 0.0214. The number of hydrogen-bond acceptors (Lipinski definition) is 3. The normalized spacial score (nSPS) is 11.7. The van der Waals surface area contributed by atoms with Gasteiger partial charge in [-0.1, -0.05) is 0 Å². The lowest BCUT2D eigenvalue weighted by Crippen LogP contribution is -2.43. The fourth-order valence-electron chi connectivity index (χ4n) is 1.51. The molecule has 0 fully saturated rings. The molecule has 102 valence electrons. The number of rotatable bonds is 6. The van der Waals surface area contributed by atoms with Gasteiger partial charge in [0.1, 0.15) is 5.82 Å². The fraction of sp³-hybridized carbons (Fsp3) is 0.538. The first-order chi connectivity index (χ1) is 8.39. The first kappa shape index (κ1) is 14.9. The van der Waals surface area contributed by atoms with E-state index in [1.54, 1.807) is 0 Å². The number of hydrogen-bond donors (Lipinski definition) is 2. The van der Waals surface area contributed by atoms with Crippen molar-refractivity contribution in [1.82, 2.24) is 5.32 Å². The quantitative estimate of drug-likeness (QED) is 0.819. The molecule has 1 rings (SSSR count). The summed E-state index contributed by atoms with van der Waals surface area (Å²) in [5, 5.41) is 12.1. The average Bonchev–Trinajstić information content (AvgIpc) is 2.33. The molecule has 1 aromatic carbocycles. The third kappa shape index (κ3) is 3.92. The Bertz CT molecular complexity index is 408. The van der Waals surface area contributed by atoms with Crippen LogP contribution in [0.4, 0.5) is 8.78 Å². The molecule has 3 nitrogen and oxygen atoms in total. The Morgan fingerprint density at radius 1 is 1.28 bits per heavy atom. The third-order valence-electron chi connectivity index (χ3n) is 2.71. The van der Waals surface area contributed by atoms with Gasteiger partial charge in [0.2, 0.25) is 0 Å². The second-order valence-corrected chi connectivity index (χ2v) is 4.80. The van der Waals surface area contributed by atoms with Crippen LogP contribution >= 0.6 is 0 Å². The van der Waals surface area contributed by atoms with Gasteiger partial charge < -0.3 is 15.2 Å². The standard InChI is InChI=1S/C13H19F2NO2/c1-13(2,8-17)16-5-4-9-6-11(15)12(18-3)7-10(9)14/h6-7,16-17H,4-5,8H2,1-3H3. The second-order valence-electron chi connectivity index (χ2n) is 4.80. The highest BCUT2D eigenvalue weighted by Gasteiger charge is 2.15. The van der Waals surface area contributed by atoms with Gasteiger partial charge in [-0.15, -0.1) is 0 Å². The fourth-order valence-corrected chi connectivity index (χ4v) is 1.51. The van der Waals surface area contributed by atoms with E-state index in [0.717, 1.165) is 12.1 Å². The summed E-state index contributed by atoms with van der Waals surface area (Å²) in [6, 6.07) is 2.18. The maximum atomic E-state index is 13.6. The van der Waals surface area contributed by atoms with Crippen molar-refractivity contribution in [3.05, 3.63) is 29.3 Å². The van der Waals surface area contributed by atoms with E-state index in [0.29, 0.717) is 13.0 Å². The van der Waals surface area contributed by atoms with Gasteiger partial charge in [-0.3, -0.25) is 0 Å². The molecule has 0 aliphatic heterocycles. The molecular weight excluding hydrogens is 240 g/mol. The van der Waals surface area contributed by atoms with Crippen LogP contribution in [0.3, 0.4) is 0 Å². The third-order valence-corrected chi connectivity index (χ3v) is 2.71. The lowest BCUT2D eigenvalue weighted by molar-refractivity contribution is 0.189. The topological polar surface area (TPSA) is 41.5 Å². The molecule has 0 bridgehead atoms. The zero-order valence-corrected chi connectivity index (χ0v) is 10.9. The smallest absolute Gasteiger partial charge is 0.165 e. The lowest BCUT2D eigenvalue weighted by atomic mass is 10.1. The number of ether oxygens (including phenoxy) is 1. The van der Waals surface area contributed by atoms with E-state index in [1.165, 1.54) is 7.11 Å². The summed E-state index contributed by atoms with van der Waals surface area (Å²) in [6.07, 6.45) is 0.343. The van der Waals surface area contributed by atoms with Crippen molar-refractivity contribution in [2.75, 3.05) is 20.3 Å². The Labute approximate surface area is 106 Å². The molecule has 0 aliphatic rings. The van der Waals surface area contributed by atoms with Gasteiger partial charge in [-0.2, -0.15) is 0 Å². The maximum Gasteiger partial charge on any atom is 0.165 e. The first-order valence-corrected chi connectivity index (χ1v) is 5.77. The molecule has 0 saturated heterocycles. The van der Waals surface area contributed by atoms with Crippen molar-refractivity contribution in [3.8, 4) is 5.75 Å². The van der Waals surface area contributed by atoms with Gasteiger partial charge in [0.15, 0.2) is 11.6 Å². The summed E-state index contributed by atoms with van der Waals surface area (Å²) < 4.78 is 31.7. The number of benzene rings is 1. The monoisotopic (exact) mass is 259 g/mol. The maximum absolute atomic E-state index is 13.6. The first-order valence-electron chi connectivity index (χ1n) is 5.77. The zero-order chi connectivity index (χ0) is 13.8. The molecule has 0 radical (unpaired) electrons. The molecule has 0 atom stereocenters.